The first-order valence-electron chi connectivity index (χ1n) is 4.20. The van der Waals surface area contributed by atoms with Gasteiger partial charge in [0.05, 0.1) is 18.6 Å². The molecule has 0 radical (unpaired) electrons. The Kier molecular flexibility index (Phi) is 1.90. The summed E-state index contributed by atoms with van der Waals surface area (Å²) in [5.74, 6) is 0.212. The molecule has 0 aliphatic carbocycles. The van der Waals surface area contributed by atoms with Crippen molar-refractivity contribution >= 4 is 0 Å². The molecule has 0 saturated carbocycles. The fourth-order valence-electron chi connectivity index (χ4n) is 1.73. The Hall–Kier alpha value is -0.800. The van der Waals surface area contributed by atoms with E-state index in [0.717, 1.165) is 17.7 Å². The van der Waals surface area contributed by atoms with Crippen molar-refractivity contribution < 1.29 is 9.52 Å². The van der Waals surface area contributed by atoms with Crippen LogP contribution in [0.3, 0.4) is 0 Å². The Morgan fingerprint density at radius 1 is 1.50 bits per heavy atom. The lowest BCUT2D eigenvalue weighted by atomic mass is 9.96. The van der Waals surface area contributed by atoms with Crippen LogP contribution in [0.25, 0.3) is 0 Å². The van der Waals surface area contributed by atoms with Crippen molar-refractivity contribution in [1.29, 1.82) is 0 Å². The zero-order chi connectivity index (χ0) is 8.55. The Morgan fingerprint density at radius 2 is 2.33 bits per heavy atom. The number of furan rings is 1. The fourth-order valence-corrected chi connectivity index (χ4v) is 1.73. The molecule has 0 amide bonds. The lowest BCUT2D eigenvalue weighted by Crippen LogP contribution is -2.16. The van der Waals surface area contributed by atoms with Gasteiger partial charge in [0.15, 0.2) is 0 Å². The summed E-state index contributed by atoms with van der Waals surface area (Å²) in [6, 6.07) is 0. The van der Waals surface area contributed by atoms with Crippen LogP contribution in [-0.4, -0.2) is 24.3 Å². The molecule has 1 fully saturated rings. The summed E-state index contributed by atoms with van der Waals surface area (Å²) in [6.45, 7) is 3.54. The van der Waals surface area contributed by atoms with Crippen LogP contribution in [0.4, 0.5) is 0 Å². The van der Waals surface area contributed by atoms with Gasteiger partial charge in [-0.05, 0) is 12.5 Å². The molecule has 2 N–H and O–H groups in total. The van der Waals surface area contributed by atoms with E-state index in [1.165, 1.54) is 0 Å². The lowest BCUT2D eigenvalue weighted by molar-refractivity contribution is 0.177. The van der Waals surface area contributed by atoms with Crippen molar-refractivity contribution in [3.8, 4) is 0 Å². The third kappa shape index (κ3) is 1.15. The Bertz CT molecular complexity index is 269. The van der Waals surface area contributed by atoms with Gasteiger partial charge in [-0.15, -0.1) is 0 Å². The molecule has 1 aromatic rings. The van der Waals surface area contributed by atoms with Gasteiger partial charge in [-0.1, -0.05) is 0 Å². The second-order valence-electron chi connectivity index (χ2n) is 3.34. The van der Waals surface area contributed by atoms with E-state index in [0.29, 0.717) is 6.54 Å². The quantitative estimate of drug-likeness (QED) is 0.645. The zero-order valence-corrected chi connectivity index (χ0v) is 7.08. The Morgan fingerprint density at radius 3 is 2.83 bits per heavy atom. The lowest BCUT2D eigenvalue weighted by Gasteiger charge is -2.11. The average molecular weight is 167 g/mol. The second-order valence-corrected chi connectivity index (χ2v) is 3.34. The van der Waals surface area contributed by atoms with E-state index in [1.54, 1.807) is 12.5 Å². The van der Waals surface area contributed by atoms with Crippen LogP contribution in [0.2, 0.25) is 0 Å². The number of rotatable bonds is 1. The molecular weight excluding hydrogens is 154 g/mol. The highest BCUT2D eigenvalue weighted by molar-refractivity contribution is 5.26. The highest BCUT2D eigenvalue weighted by Crippen LogP contribution is 2.26. The molecule has 3 heteroatoms. The van der Waals surface area contributed by atoms with Gasteiger partial charge in [-0.25, -0.2) is 0 Å². The molecule has 2 rings (SSSR count). The number of aryl methyl sites for hydroxylation is 1. The standard InChI is InChI=1S/C9H13NO2/c1-6-4-12-5-8(6)7-2-10-3-9(7)11/h4-5,7,9-11H,2-3H2,1H3/t7-,9+/m0/s1. The summed E-state index contributed by atoms with van der Waals surface area (Å²) < 4.78 is 5.07. The number of aliphatic hydroxyl groups excluding tert-OH is 1. The number of aliphatic hydroxyl groups is 1. The van der Waals surface area contributed by atoms with Crippen molar-refractivity contribution in [3.63, 3.8) is 0 Å². The van der Waals surface area contributed by atoms with Crippen molar-refractivity contribution in [2.45, 2.75) is 18.9 Å². The monoisotopic (exact) mass is 167 g/mol. The minimum absolute atomic E-state index is 0.212. The van der Waals surface area contributed by atoms with Crippen molar-refractivity contribution in [2.24, 2.45) is 0 Å². The van der Waals surface area contributed by atoms with Gasteiger partial charge in [-0.2, -0.15) is 0 Å². The smallest absolute Gasteiger partial charge is 0.0941 e. The normalized spacial score (nSPS) is 29.5. The molecular formula is C9H13NO2. The van der Waals surface area contributed by atoms with Gasteiger partial charge in [0.1, 0.15) is 0 Å². The van der Waals surface area contributed by atoms with Crippen molar-refractivity contribution in [1.82, 2.24) is 5.32 Å². The van der Waals surface area contributed by atoms with E-state index in [-0.39, 0.29) is 12.0 Å². The topological polar surface area (TPSA) is 45.4 Å². The summed E-state index contributed by atoms with van der Waals surface area (Å²) >= 11 is 0. The van der Waals surface area contributed by atoms with Crippen LogP contribution in [0.15, 0.2) is 16.9 Å². The number of nitrogens with one attached hydrogen (secondary N) is 1. The van der Waals surface area contributed by atoms with E-state index in [2.05, 4.69) is 5.32 Å². The van der Waals surface area contributed by atoms with Gasteiger partial charge in [-0.3, -0.25) is 0 Å². The Labute approximate surface area is 71.4 Å². The molecule has 66 valence electrons. The van der Waals surface area contributed by atoms with Crippen LogP contribution in [-0.2, 0) is 0 Å². The van der Waals surface area contributed by atoms with Crippen LogP contribution >= 0.6 is 0 Å². The number of hydrogen-bond donors (Lipinski definition) is 2. The van der Waals surface area contributed by atoms with Gasteiger partial charge in [0.2, 0.25) is 0 Å². The predicted octanol–water partition coefficient (Wildman–Crippen LogP) is 0.636. The van der Waals surface area contributed by atoms with Gasteiger partial charge in [0, 0.05) is 24.6 Å². The molecule has 1 aliphatic heterocycles. The minimum atomic E-state index is -0.263. The molecule has 0 aromatic carbocycles. The largest absolute Gasteiger partial charge is 0.472 e. The first kappa shape index (κ1) is 7.83. The summed E-state index contributed by atoms with van der Waals surface area (Å²) in [6.07, 6.45) is 3.19. The summed E-state index contributed by atoms with van der Waals surface area (Å²) in [4.78, 5) is 0. The number of hydrogen-bond acceptors (Lipinski definition) is 3. The molecule has 0 unspecified atom stereocenters. The van der Waals surface area contributed by atoms with Crippen LogP contribution < -0.4 is 5.32 Å². The molecule has 2 heterocycles. The third-order valence-electron chi connectivity index (χ3n) is 2.48. The molecule has 1 saturated heterocycles. The molecule has 0 spiro atoms. The van der Waals surface area contributed by atoms with Crippen LogP contribution in [0, 0.1) is 6.92 Å². The fraction of sp³-hybridized carbons (Fsp3) is 0.556. The van der Waals surface area contributed by atoms with Gasteiger partial charge < -0.3 is 14.8 Å². The molecule has 0 bridgehead atoms. The van der Waals surface area contributed by atoms with Gasteiger partial charge in [0.25, 0.3) is 0 Å². The average Bonchev–Trinajstić information content (AvgIpc) is 2.59. The van der Waals surface area contributed by atoms with Crippen molar-refractivity contribution in [2.75, 3.05) is 13.1 Å². The highest BCUT2D eigenvalue weighted by atomic mass is 16.3. The van der Waals surface area contributed by atoms with E-state index in [4.69, 9.17) is 4.42 Å². The zero-order valence-electron chi connectivity index (χ0n) is 7.08. The molecule has 1 aromatic heterocycles. The van der Waals surface area contributed by atoms with E-state index >= 15 is 0 Å². The minimum Gasteiger partial charge on any atom is -0.472 e. The highest BCUT2D eigenvalue weighted by Gasteiger charge is 2.28. The summed E-state index contributed by atoms with van der Waals surface area (Å²) in [5.41, 5.74) is 2.26. The van der Waals surface area contributed by atoms with E-state index < -0.39 is 0 Å². The summed E-state index contributed by atoms with van der Waals surface area (Å²) in [5, 5.41) is 12.7. The SMILES string of the molecule is Cc1cocc1[C@@H]1CNC[C@H]1O. The molecule has 2 atom stereocenters. The van der Waals surface area contributed by atoms with Crippen LogP contribution in [0.5, 0.6) is 0 Å². The van der Waals surface area contributed by atoms with Crippen LogP contribution in [0.1, 0.15) is 17.0 Å². The van der Waals surface area contributed by atoms with E-state index in [1.807, 2.05) is 6.92 Å². The number of β-amino-alcohol motifs (C(OH)–C–C–N with tert-alkyl or cyclic N) is 1. The van der Waals surface area contributed by atoms with Gasteiger partial charge >= 0.3 is 0 Å². The maximum Gasteiger partial charge on any atom is 0.0941 e. The first-order chi connectivity index (χ1) is 5.79. The maximum atomic E-state index is 9.58. The maximum absolute atomic E-state index is 9.58. The first-order valence-corrected chi connectivity index (χ1v) is 4.20. The predicted molar refractivity (Wildman–Crippen MR) is 45.1 cm³/mol. The van der Waals surface area contributed by atoms with E-state index in [9.17, 15) is 5.11 Å². The Balaban J connectivity index is 2.24. The van der Waals surface area contributed by atoms with Crippen molar-refractivity contribution in [3.05, 3.63) is 23.7 Å². The third-order valence-corrected chi connectivity index (χ3v) is 2.48. The molecule has 3 nitrogen and oxygen atoms in total. The second kappa shape index (κ2) is 2.92. The summed E-state index contributed by atoms with van der Waals surface area (Å²) in [7, 11) is 0. The molecule has 12 heavy (non-hydrogen) atoms. The molecule has 1 aliphatic rings.